The lowest BCUT2D eigenvalue weighted by molar-refractivity contribution is -0.126. The lowest BCUT2D eigenvalue weighted by atomic mass is 10.0. The van der Waals surface area contributed by atoms with Crippen LogP contribution in [-0.2, 0) is 9.59 Å². The molecule has 2 aromatic rings. The fraction of sp³-hybridized carbons (Fsp3) is 0.278. The van der Waals surface area contributed by atoms with E-state index in [2.05, 4.69) is 15.6 Å². The van der Waals surface area contributed by atoms with Crippen molar-refractivity contribution in [3.63, 3.8) is 0 Å². The van der Waals surface area contributed by atoms with Crippen LogP contribution in [0.3, 0.4) is 0 Å². The largest absolute Gasteiger partial charge is 0.348 e. The van der Waals surface area contributed by atoms with Gasteiger partial charge in [0.1, 0.15) is 6.04 Å². The number of carbonyl (C=O) groups excluding carboxylic acids is 2. The highest BCUT2D eigenvalue weighted by Crippen LogP contribution is 2.21. The van der Waals surface area contributed by atoms with Crippen molar-refractivity contribution >= 4 is 11.8 Å². The molecule has 0 saturated carbocycles. The molecule has 23 heavy (non-hydrogen) atoms. The summed E-state index contributed by atoms with van der Waals surface area (Å²) in [5, 5.41) is 5.64. The summed E-state index contributed by atoms with van der Waals surface area (Å²) in [6.07, 6.45) is 4.56. The summed E-state index contributed by atoms with van der Waals surface area (Å²) >= 11 is 0. The highest BCUT2D eigenvalue weighted by molar-refractivity contribution is 5.90. The molecule has 2 heterocycles. The number of rotatable bonds is 4. The third-order valence-corrected chi connectivity index (χ3v) is 4.08. The number of nitrogens with zero attached hydrogens (tertiary/aromatic N) is 1. The van der Waals surface area contributed by atoms with Gasteiger partial charge in [-0.25, -0.2) is 0 Å². The van der Waals surface area contributed by atoms with Crippen molar-refractivity contribution in [2.75, 3.05) is 0 Å². The number of hydrogen-bond acceptors (Lipinski definition) is 3. The zero-order valence-electron chi connectivity index (χ0n) is 13.0. The topological polar surface area (TPSA) is 71.1 Å². The zero-order chi connectivity index (χ0) is 16.2. The molecule has 5 heteroatoms. The second-order valence-corrected chi connectivity index (χ2v) is 5.75. The summed E-state index contributed by atoms with van der Waals surface area (Å²) in [5.41, 5.74) is 3.17. The number of pyridine rings is 1. The second-order valence-electron chi connectivity index (χ2n) is 5.75. The average Bonchev–Trinajstić information content (AvgIpc) is 3.02. The Labute approximate surface area is 135 Å². The molecule has 2 N–H and O–H groups in total. The van der Waals surface area contributed by atoms with E-state index >= 15 is 0 Å². The maximum atomic E-state index is 12.1. The van der Waals surface area contributed by atoms with Gasteiger partial charge in [-0.3, -0.25) is 14.6 Å². The molecule has 0 aliphatic carbocycles. The molecule has 1 saturated heterocycles. The summed E-state index contributed by atoms with van der Waals surface area (Å²) in [6.45, 7) is 1.94. The minimum Gasteiger partial charge on any atom is -0.348 e. The van der Waals surface area contributed by atoms with Crippen molar-refractivity contribution in [3.8, 4) is 11.1 Å². The third-order valence-electron chi connectivity index (χ3n) is 4.08. The number of carbonyl (C=O) groups is 2. The van der Waals surface area contributed by atoms with E-state index in [1.165, 1.54) is 0 Å². The fourth-order valence-electron chi connectivity index (χ4n) is 2.71. The van der Waals surface area contributed by atoms with Crippen LogP contribution in [0.15, 0.2) is 48.8 Å². The summed E-state index contributed by atoms with van der Waals surface area (Å²) in [6, 6.07) is 11.4. The van der Waals surface area contributed by atoms with Gasteiger partial charge in [0.2, 0.25) is 11.8 Å². The van der Waals surface area contributed by atoms with Gasteiger partial charge in [0, 0.05) is 18.8 Å². The second kappa shape index (κ2) is 6.60. The summed E-state index contributed by atoms with van der Waals surface area (Å²) < 4.78 is 0. The SMILES string of the molecule is C[C@@H](NC(=O)[C@H]1CCC(=O)N1)c1ccc(-c2cccnc2)cc1. The molecule has 0 unspecified atom stereocenters. The molecule has 0 bridgehead atoms. The van der Waals surface area contributed by atoms with Crippen LogP contribution in [0.25, 0.3) is 11.1 Å². The van der Waals surface area contributed by atoms with Crippen LogP contribution in [0.5, 0.6) is 0 Å². The Morgan fingerprint density at radius 3 is 2.65 bits per heavy atom. The first kappa shape index (κ1) is 15.2. The Morgan fingerprint density at radius 2 is 2.04 bits per heavy atom. The molecular weight excluding hydrogens is 290 g/mol. The predicted molar refractivity (Wildman–Crippen MR) is 87.4 cm³/mol. The van der Waals surface area contributed by atoms with Gasteiger partial charge < -0.3 is 10.6 Å². The van der Waals surface area contributed by atoms with E-state index in [1.807, 2.05) is 49.5 Å². The Kier molecular flexibility index (Phi) is 4.37. The van der Waals surface area contributed by atoms with E-state index in [0.717, 1.165) is 16.7 Å². The van der Waals surface area contributed by atoms with Crippen molar-refractivity contribution in [2.24, 2.45) is 0 Å². The van der Waals surface area contributed by atoms with Gasteiger partial charge in [0.25, 0.3) is 0 Å². The molecule has 3 rings (SSSR count). The lowest BCUT2D eigenvalue weighted by Gasteiger charge is -2.17. The number of aromatic nitrogens is 1. The smallest absolute Gasteiger partial charge is 0.243 e. The molecule has 1 aromatic heterocycles. The minimum atomic E-state index is -0.403. The Hall–Kier alpha value is -2.69. The first-order valence-electron chi connectivity index (χ1n) is 7.73. The number of amides is 2. The van der Waals surface area contributed by atoms with Crippen LogP contribution in [0, 0.1) is 0 Å². The van der Waals surface area contributed by atoms with Crippen molar-refractivity contribution in [1.82, 2.24) is 15.6 Å². The minimum absolute atomic E-state index is 0.0568. The monoisotopic (exact) mass is 309 g/mol. The Balaban J connectivity index is 1.65. The summed E-state index contributed by atoms with van der Waals surface area (Å²) in [7, 11) is 0. The maximum absolute atomic E-state index is 12.1. The highest BCUT2D eigenvalue weighted by Gasteiger charge is 2.27. The molecule has 1 fully saturated rings. The van der Waals surface area contributed by atoms with Gasteiger partial charge in [0.05, 0.1) is 6.04 Å². The first-order chi connectivity index (χ1) is 11.1. The molecule has 0 radical (unpaired) electrons. The normalized spacial score (nSPS) is 18.3. The first-order valence-corrected chi connectivity index (χ1v) is 7.73. The van der Waals surface area contributed by atoms with Crippen LogP contribution < -0.4 is 10.6 Å². The van der Waals surface area contributed by atoms with Crippen LogP contribution >= 0.6 is 0 Å². The van der Waals surface area contributed by atoms with Gasteiger partial charge in [-0.15, -0.1) is 0 Å². The van der Waals surface area contributed by atoms with E-state index in [-0.39, 0.29) is 17.9 Å². The number of nitrogens with one attached hydrogen (secondary N) is 2. The van der Waals surface area contributed by atoms with Crippen molar-refractivity contribution in [3.05, 3.63) is 54.4 Å². The summed E-state index contributed by atoms with van der Waals surface area (Å²) in [5.74, 6) is -0.182. The van der Waals surface area contributed by atoms with Gasteiger partial charge in [-0.2, -0.15) is 0 Å². The average molecular weight is 309 g/mol. The van der Waals surface area contributed by atoms with Crippen LogP contribution in [0.1, 0.15) is 31.4 Å². The molecule has 1 aliphatic rings. The molecule has 5 nitrogen and oxygen atoms in total. The number of benzene rings is 1. The third kappa shape index (κ3) is 3.56. The van der Waals surface area contributed by atoms with E-state index in [9.17, 15) is 9.59 Å². The molecule has 2 atom stereocenters. The van der Waals surface area contributed by atoms with Crippen LogP contribution in [-0.4, -0.2) is 22.8 Å². The predicted octanol–water partition coefficient (Wildman–Crippen LogP) is 2.20. The van der Waals surface area contributed by atoms with Crippen LogP contribution in [0.4, 0.5) is 0 Å². The van der Waals surface area contributed by atoms with Crippen molar-refractivity contribution < 1.29 is 9.59 Å². The van der Waals surface area contributed by atoms with E-state index < -0.39 is 6.04 Å². The fourth-order valence-corrected chi connectivity index (χ4v) is 2.71. The molecular formula is C18H19N3O2. The molecule has 0 spiro atoms. The zero-order valence-corrected chi connectivity index (χ0v) is 13.0. The van der Waals surface area contributed by atoms with Gasteiger partial charge in [-0.1, -0.05) is 30.3 Å². The van der Waals surface area contributed by atoms with E-state index in [1.54, 1.807) is 6.20 Å². The summed E-state index contributed by atoms with van der Waals surface area (Å²) in [4.78, 5) is 27.4. The Bertz CT molecular complexity index is 698. The Morgan fingerprint density at radius 1 is 1.26 bits per heavy atom. The van der Waals surface area contributed by atoms with Gasteiger partial charge in [0.15, 0.2) is 0 Å². The molecule has 118 valence electrons. The lowest BCUT2D eigenvalue weighted by Crippen LogP contribution is -2.42. The van der Waals surface area contributed by atoms with Crippen molar-refractivity contribution in [1.29, 1.82) is 0 Å². The van der Waals surface area contributed by atoms with Gasteiger partial charge >= 0.3 is 0 Å². The van der Waals surface area contributed by atoms with Gasteiger partial charge in [-0.05, 0) is 36.1 Å². The number of hydrogen-bond donors (Lipinski definition) is 2. The maximum Gasteiger partial charge on any atom is 0.243 e. The molecule has 1 aliphatic heterocycles. The quantitative estimate of drug-likeness (QED) is 0.909. The standard InChI is InChI=1S/C18H19N3O2/c1-12(20-18(23)16-8-9-17(22)21-16)13-4-6-14(7-5-13)15-3-2-10-19-11-15/h2-7,10-12,16H,8-9H2,1H3,(H,20,23)(H,21,22)/t12-,16-/m1/s1. The molecule has 2 amide bonds. The van der Waals surface area contributed by atoms with E-state index in [4.69, 9.17) is 0 Å². The highest BCUT2D eigenvalue weighted by atomic mass is 16.2. The van der Waals surface area contributed by atoms with Crippen molar-refractivity contribution in [2.45, 2.75) is 31.8 Å². The van der Waals surface area contributed by atoms with Crippen LogP contribution in [0.2, 0.25) is 0 Å². The van der Waals surface area contributed by atoms with E-state index in [0.29, 0.717) is 12.8 Å². The molecule has 1 aromatic carbocycles.